The number of halogens is 7. The molecule has 1 unspecified atom stereocenters. The third kappa shape index (κ3) is 4.21. The van der Waals surface area contributed by atoms with Gasteiger partial charge in [-0.2, -0.15) is 26.3 Å². The van der Waals surface area contributed by atoms with Crippen LogP contribution in [0.25, 0.3) is 0 Å². The van der Waals surface area contributed by atoms with E-state index in [-0.39, 0.29) is 5.56 Å². The van der Waals surface area contributed by atoms with Crippen molar-refractivity contribution >= 4 is 17.8 Å². The molecule has 1 nitrogen and oxygen atoms in total. The molecule has 1 atom stereocenters. The molecule has 0 heterocycles. The predicted octanol–water partition coefficient (Wildman–Crippen LogP) is 4.25. The molecule has 0 aliphatic rings. The van der Waals surface area contributed by atoms with E-state index in [1.54, 1.807) is 0 Å². The molecule has 0 N–H and O–H groups in total. The number of rotatable bonds is 2. The Labute approximate surface area is 103 Å². The van der Waals surface area contributed by atoms with Crippen molar-refractivity contribution in [3.8, 4) is 0 Å². The van der Waals surface area contributed by atoms with Crippen LogP contribution in [0, 0.1) is 0 Å². The number of nitrogens with zero attached hydrogens (tertiary/aromatic N) is 1. The molecule has 0 bridgehead atoms. The fourth-order valence-electron chi connectivity index (χ4n) is 0.994. The second-order valence-corrected chi connectivity index (χ2v) is 3.69. The normalized spacial score (nSPS) is 15.1. The average Bonchev–Trinajstić information content (AvgIpc) is 2.24. The first kappa shape index (κ1) is 14.8. The van der Waals surface area contributed by atoms with Crippen molar-refractivity contribution in [2.45, 2.75) is 17.9 Å². The summed E-state index contributed by atoms with van der Waals surface area (Å²) in [5.41, 5.74) is -3.21. The zero-order valence-electron chi connectivity index (χ0n) is 8.56. The Balaban J connectivity index is 2.79. The van der Waals surface area contributed by atoms with Gasteiger partial charge in [-0.15, -0.1) is 0 Å². The molecule has 0 saturated carbocycles. The summed E-state index contributed by atoms with van der Waals surface area (Å²) in [5.74, 6) is 0. The van der Waals surface area contributed by atoms with Crippen LogP contribution in [0.2, 0.25) is 0 Å². The lowest BCUT2D eigenvalue weighted by atomic mass is 10.1. The first-order valence-electron chi connectivity index (χ1n) is 4.52. The smallest absolute Gasteiger partial charge is 0.264 e. The van der Waals surface area contributed by atoms with Gasteiger partial charge < -0.3 is 0 Å². The Morgan fingerprint density at radius 3 is 1.89 bits per heavy atom. The van der Waals surface area contributed by atoms with Crippen LogP contribution in [0.15, 0.2) is 29.3 Å². The van der Waals surface area contributed by atoms with Gasteiger partial charge in [0.1, 0.15) is 0 Å². The van der Waals surface area contributed by atoms with Crippen LogP contribution in [0.3, 0.4) is 0 Å². The van der Waals surface area contributed by atoms with Gasteiger partial charge in [-0.1, -0.05) is 23.7 Å². The van der Waals surface area contributed by atoms with Gasteiger partial charge in [-0.05, 0) is 17.7 Å². The van der Waals surface area contributed by atoms with E-state index < -0.39 is 23.4 Å². The van der Waals surface area contributed by atoms with Crippen LogP contribution < -0.4 is 0 Å². The SMILES string of the molecule is FC(F)(F)c1ccc(/C=N\C(Cl)C(F)(F)F)cc1. The topological polar surface area (TPSA) is 12.4 Å². The lowest BCUT2D eigenvalue weighted by molar-refractivity contribution is -0.137. The average molecular weight is 290 g/mol. The van der Waals surface area contributed by atoms with Gasteiger partial charge in [0.05, 0.1) is 5.56 Å². The van der Waals surface area contributed by atoms with E-state index in [1.165, 1.54) is 0 Å². The van der Waals surface area contributed by atoms with Crippen molar-refractivity contribution in [3.05, 3.63) is 35.4 Å². The Morgan fingerprint density at radius 2 is 1.50 bits per heavy atom. The van der Waals surface area contributed by atoms with Crippen LogP contribution in [0.4, 0.5) is 26.3 Å². The molecule has 1 aromatic rings. The van der Waals surface area contributed by atoms with Crippen molar-refractivity contribution < 1.29 is 26.3 Å². The minimum Gasteiger partial charge on any atom is -0.264 e. The fraction of sp³-hybridized carbons (Fsp3) is 0.300. The Morgan fingerprint density at radius 1 is 1.00 bits per heavy atom. The van der Waals surface area contributed by atoms with Crippen molar-refractivity contribution in [1.82, 2.24) is 0 Å². The molecule has 100 valence electrons. The molecule has 1 rings (SSSR count). The summed E-state index contributed by atoms with van der Waals surface area (Å²) in [4.78, 5) is 2.99. The van der Waals surface area contributed by atoms with E-state index in [9.17, 15) is 26.3 Å². The fourth-order valence-corrected chi connectivity index (χ4v) is 1.05. The molecule has 0 fully saturated rings. The summed E-state index contributed by atoms with van der Waals surface area (Å²) in [6.07, 6.45) is -8.41. The van der Waals surface area contributed by atoms with Crippen molar-refractivity contribution in [2.75, 3.05) is 0 Å². The molecule has 18 heavy (non-hydrogen) atoms. The number of hydrogen-bond acceptors (Lipinski definition) is 1. The molecule has 0 saturated heterocycles. The minimum absolute atomic E-state index is 0.0953. The van der Waals surface area contributed by atoms with Crippen molar-refractivity contribution in [3.63, 3.8) is 0 Å². The van der Waals surface area contributed by atoms with Gasteiger partial charge in [0, 0.05) is 6.21 Å². The minimum atomic E-state index is -4.69. The molecule has 0 amide bonds. The number of aliphatic imine (C=N–C) groups is 1. The Kier molecular flexibility index (Phi) is 4.26. The highest BCUT2D eigenvalue weighted by molar-refractivity contribution is 6.21. The third-order valence-electron chi connectivity index (χ3n) is 1.86. The van der Waals surface area contributed by atoms with E-state index in [4.69, 9.17) is 11.6 Å². The molecular weight excluding hydrogens is 284 g/mol. The maximum Gasteiger partial charge on any atom is 0.424 e. The van der Waals surface area contributed by atoms with Crippen LogP contribution in [-0.4, -0.2) is 17.9 Å². The second-order valence-electron chi connectivity index (χ2n) is 3.28. The summed E-state index contributed by atoms with van der Waals surface area (Å²) in [6, 6.07) is 3.51. The van der Waals surface area contributed by atoms with Crippen LogP contribution in [0.1, 0.15) is 11.1 Å². The summed E-state index contributed by atoms with van der Waals surface area (Å²) in [6.45, 7) is 0. The summed E-state index contributed by atoms with van der Waals surface area (Å²) < 4.78 is 72.5. The van der Waals surface area contributed by atoms with Crippen molar-refractivity contribution in [1.29, 1.82) is 0 Å². The highest BCUT2D eigenvalue weighted by atomic mass is 35.5. The molecule has 0 aromatic heterocycles. The van der Waals surface area contributed by atoms with E-state index in [0.717, 1.165) is 30.5 Å². The molecule has 0 aliphatic carbocycles. The molecule has 8 heteroatoms. The molecular formula is C10H6ClF6N. The van der Waals surface area contributed by atoms with Crippen molar-refractivity contribution in [2.24, 2.45) is 4.99 Å². The van der Waals surface area contributed by atoms with E-state index in [1.807, 2.05) is 0 Å². The monoisotopic (exact) mass is 289 g/mol. The van der Waals surface area contributed by atoms with Gasteiger partial charge in [0.25, 0.3) is 0 Å². The van der Waals surface area contributed by atoms with Crippen LogP contribution in [0.5, 0.6) is 0 Å². The molecule has 0 radical (unpaired) electrons. The predicted molar refractivity (Wildman–Crippen MR) is 54.7 cm³/mol. The number of hydrogen-bond donors (Lipinski definition) is 0. The summed E-state index contributed by atoms with van der Waals surface area (Å²) in [5, 5.41) is 0. The lowest BCUT2D eigenvalue weighted by Crippen LogP contribution is -2.21. The Hall–Kier alpha value is -1.24. The van der Waals surface area contributed by atoms with Crippen LogP contribution >= 0.6 is 11.6 Å². The zero-order chi connectivity index (χ0) is 14.0. The first-order valence-corrected chi connectivity index (χ1v) is 4.95. The Bertz CT molecular complexity index is 419. The maximum absolute atomic E-state index is 12.2. The van der Waals surface area contributed by atoms with Gasteiger partial charge in [0.15, 0.2) is 0 Å². The molecule has 0 aliphatic heterocycles. The number of benzene rings is 1. The number of alkyl halides is 7. The zero-order valence-corrected chi connectivity index (χ0v) is 9.31. The van der Waals surface area contributed by atoms with Gasteiger partial charge >= 0.3 is 12.4 Å². The third-order valence-corrected chi connectivity index (χ3v) is 2.22. The van der Waals surface area contributed by atoms with E-state index in [2.05, 4.69) is 4.99 Å². The summed E-state index contributed by atoms with van der Waals surface area (Å²) in [7, 11) is 0. The van der Waals surface area contributed by atoms with E-state index >= 15 is 0 Å². The van der Waals surface area contributed by atoms with Gasteiger partial charge in [-0.3, -0.25) is 4.99 Å². The molecule has 0 spiro atoms. The second kappa shape index (κ2) is 5.17. The highest BCUT2D eigenvalue weighted by Crippen LogP contribution is 2.29. The summed E-state index contributed by atoms with van der Waals surface area (Å²) >= 11 is 4.91. The van der Waals surface area contributed by atoms with E-state index in [0.29, 0.717) is 0 Å². The maximum atomic E-state index is 12.2. The first-order chi connectivity index (χ1) is 8.10. The lowest BCUT2D eigenvalue weighted by Gasteiger charge is -2.08. The molecule has 1 aromatic carbocycles. The van der Waals surface area contributed by atoms with Gasteiger partial charge in [0.2, 0.25) is 5.50 Å². The standard InChI is InChI=1S/C10H6ClF6N/c11-8(10(15,16)17)18-5-6-1-3-7(4-2-6)9(12,13)14/h1-5,8H/b18-5-. The highest BCUT2D eigenvalue weighted by Gasteiger charge is 2.37. The van der Waals surface area contributed by atoms with Gasteiger partial charge in [-0.25, -0.2) is 0 Å². The largest absolute Gasteiger partial charge is 0.424 e. The quantitative estimate of drug-likeness (QED) is 0.334. The van der Waals surface area contributed by atoms with Crippen LogP contribution in [-0.2, 0) is 6.18 Å².